The molecule has 1 atom stereocenters. The first-order valence-electron chi connectivity index (χ1n) is 8.99. The molecule has 0 aliphatic rings. The Labute approximate surface area is 184 Å². The van der Waals surface area contributed by atoms with E-state index in [1.54, 1.807) is 18.2 Å². The van der Waals surface area contributed by atoms with Crippen LogP contribution in [0.25, 0.3) is 11.0 Å². The van der Waals surface area contributed by atoms with E-state index in [-0.39, 0.29) is 30.1 Å². The molecule has 1 heterocycles. The Morgan fingerprint density at radius 2 is 1.90 bits per heavy atom. The molecular weight excluding hydrogens is 474 g/mol. The van der Waals surface area contributed by atoms with Crippen LogP contribution in [0.3, 0.4) is 0 Å². The van der Waals surface area contributed by atoms with Gasteiger partial charge < -0.3 is 29.5 Å². The minimum absolute atomic E-state index is 0.0934. The lowest BCUT2D eigenvalue weighted by Crippen LogP contribution is -2.33. The molecule has 0 radical (unpaired) electrons. The summed E-state index contributed by atoms with van der Waals surface area (Å²) in [7, 11) is 1.26. The number of fused-ring (bicyclic) bond motifs is 1. The second-order valence-corrected chi connectivity index (χ2v) is 7.36. The number of hydrogen-bond acceptors (Lipinski definition) is 9. The molecule has 2 aromatic carbocycles. The second-order valence-electron chi connectivity index (χ2n) is 6.51. The summed E-state index contributed by atoms with van der Waals surface area (Å²) >= 11 is 3.19. The lowest BCUT2D eigenvalue weighted by molar-refractivity contribution is -0.142. The molecule has 162 valence electrons. The minimum Gasteiger partial charge on any atom is -0.507 e. The van der Waals surface area contributed by atoms with Gasteiger partial charge in [-0.05, 0) is 46.1 Å². The molecule has 9 nitrogen and oxygen atoms in total. The van der Waals surface area contributed by atoms with Crippen LogP contribution in [0.4, 0.5) is 4.79 Å². The fourth-order valence-electron chi connectivity index (χ4n) is 2.80. The quantitative estimate of drug-likeness (QED) is 0.302. The van der Waals surface area contributed by atoms with Crippen molar-refractivity contribution >= 4 is 39.0 Å². The molecule has 0 unspecified atom stereocenters. The zero-order valence-electron chi connectivity index (χ0n) is 16.3. The molecule has 3 rings (SSSR count). The maximum Gasteiger partial charge on any atom is 0.514 e. The number of phenols is 1. The Morgan fingerprint density at radius 1 is 1.19 bits per heavy atom. The van der Waals surface area contributed by atoms with Gasteiger partial charge in [-0.15, -0.1) is 0 Å². The highest BCUT2D eigenvalue weighted by Crippen LogP contribution is 2.30. The number of rotatable bonds is 6. The zero-order valence-corrected chi connectivity index (χ0v) is 17.9. The van der Waals surface area contributed by atoms with Crippen LogP contribution in [0, 0.1) is 0 Å². The van der Waals surface area contributed by atoms with Crippen LogP contribution in [0.2, 0.25) is 0 Å². The van der Waals surface area contributed by atoms with Crippen LogP contribution in [-0.4, -0.2) is 30.4 Å². The highest BCUT2D eigenvalue weighted by atomic mass is 79.9. The molecule has 0 aliphatic carbocycles. The molecule has 3 N–H and O–H groups in total. The van der Waals surface area contributed by atoms with Crippen molar-refractivity contribution in [3.63, 3.8) is 0 Å². The van der Waals surface area contributed by atoms with Gasteiger partial charge >= 0.3 is 17.8 Å². The number of benzene rings is 2. The molecule has 0 saturated carbocycles. The van der Waals surface area contributed by atoms with Gasteiger partial charge in [-0.1, -0.05) is 12.1 Å². The van der Waals surface area contributed by atoms with E-state index in [2.05, 4.69) is 20.7 Å². The summed E-state index contributed by atoms with van der Waals surface area (Å²) in [6.45, 7) is -0.246. The Morgan fingerprint density at radius 3 is 2.58 bits per heavy atom. The first-order chi connectivity index (χ1) is 14.8. The van der Waals surface area contributed by atoms with Gasteiger partial charge in [0.2, 0.25) is 0 Å². The van der Waals surface area contributed by atoms with Gasteiger partial charge in [-0.25, -0.2) is 9.59 Å². The number of ether oxygens (including phenoxy) is 3. The van der Waals surface area contributed by atoms with Gasteiger partial charge in [0.15, 0.2) is 0 Å². The molecule has 3 aromatic rings. The monoisotopic (exact) mass is 491 g/mol. The maximum absolute atomic E-state index is 12.0. The summed E-state index contributed by atoms with van der Waals surface area (Å²) in [4.78, 5) is 35.2. The number of aromatic hydroxyl groups is 1. The Hall–Kier alpha value is -3.37. The van der Waals surface area contributed by atoms with Gasteiger partial charge in [0.25, 0.3) is 0 Å². The number of hydrogen-bond donors (Lipinski definition) is 2. The number of carbonyl (C=O) groups is 2. The third-order valence-electron chi connectivity index (χ3n) is 4.33. The van der Waals surface area contributed by atoms with Crippen LogP contribution >= 0.6 is 15.9 Å². The highest BCUT2D eigenvalue weighted by Gasteiger charge is 2.15. The average Bonchev–Trinajstić information content (AvgIpc) is 2.74. The molecular formula is C21H18BrNO8. The topological polar surface area (TPSA) is 138 Å². The van der Waals surface area contributed by atoms with Crippen LogP contribution in [0.15, 0.2) is 56.1 Å². The molecule has 31 heavy (non-hydrogen) atoms. The average molecular weight is 492 g/mol. The fourth-order valence-corrected chi connectivity index (χ4v) is 3.14. The number of esters is 1. The van der Waals surface area contributed by atoms with E-state index < -0.39 is 23.8 Å². The number of nitrogens with two attached hydrogens (primary N) is 1. The van der Waals surface area contributed by atoms with E-state index in [1.165, 1.54) is 31.4 Å². The Balaban J connectivity index is 1.64. The van der Waals surface area contributed by atoms with Gasteiger partial charge in [0.05, 0.1) is 11.6 Å². The maximum atomic E-state index is 12.0. The van der Waals surface area contributed by atoms with Crippen molar-refractivity contribution in [1.29, 1.82) is 0 Å². The summed E-state index contributed by atoms with van der Waals surface area (Å²) in [5, 5.41) is 10.2. The Kier molecular flexibility index (Phi) is 6.93. The molecule has 1 aromatic heterocycles. The van der Waals surface area contributed by atoms with E-state index in [9.17, 15) is 19.5 Å². The van der Waals surface area contributed by atoms with Crippen molar-refractivity contribution in [3.05, 3.63) is 68.5 Å². The van der Waals surface area contributed by atoms with E-state index >= 15 is 0 Å². The molecule has 0 aliphatic heterocycles. The standard InChI is InChI=1S/C21H18BrNO8/c1-28-20(26)16(23)6-11-2-4-13(5-3-11)30-21(27)29-10-12-7-19(25)31-18-9-17(24)15(22)8-14(12)18/h2-5,7-9,16,24H,6,10,23H2,1H3/t16-/m0/s1. The van der Waals surface area contributed by atoms with Gasteiger partial charge in [-0.2, -0.15) is 0 Å². The smallest absolute Gasteiger partial charge is 0.507 e. The number of methoxy groups -OCH3 is 1. The van der Waals surface area contributed by atoms with E-state index in [1.807, 2.05) is 0 Å². The van der Waals surface area contributed by atoms with E-state index in [0.717, 1.165) is 5.56 Å². The van der Waals surface area contributed by atoms with Gasteiger partial charge in [-0.3, -0.25) is 4.79 Å². The fraction of sp³-hybridized carbons (Fsp3) is 0.190. The van der Waals surface area contributed by atoms with Crippen molar-refractivity contribution < 1.29 is 33.3 Å². The first kappa shape index (κ1) is 22.3. The third-order valence-corrected chi connectivity index (χ3v) is 4.96. The van der Waals surface area contributed by atoms with Crippen molar-refractivity contribution in [2.24, 2.45) is 5.73 Å². The third kappa shape index (κ3) is 5.62. The summed E-state index contributed by atoms with van der Waals surface area (Å²) < 4.78 is 20.2. The molecule has 0 saturated heterocycles. The van der Waals surface area contributed by atoms with Crippen LogP contribution in [0.5, 0.6) is 11.5 Å². The minimum atomic E-state index is -0.974. The van der Waals surface area contributed by atoms with Crippen molar-refractivity contribution in [3.8, 4) is 11.5 Å². The summed E-state index contributed by atoms with van der Waals surface area (Å²) in [6, 6.07) is 9.63. The lowest BCUT2D eigenvalue weighted by Gasteiger charge is -2.10. The van der Waals surface area contributed by atoms with Crippen LogP contribution in [-0.2, 0) is 27.3 Å². The summed E-state index contributed by atoms with van der Waals surface area (Å²) in [5.41, 5.74) is 6.36. The molecule has 0 bridgehead atoms. The molecule has 0 spiro atoms. The van der Waals surface area contributed by atoms with E-state index in [4.69, 9.17) is 19.6 Å². The number of halogens is 1. The molecule has 10 heteroatoms. The van der Waals surface area contributed by atoms with Crippen LogP contribution < -0.4 is 16.1 Å². The van der Waals surface area contributed by atoms with Gasteiger partial charge in [0, 0.05) is 23.1 Å². The van der Waals surface area contributed by atoms with Crippen molar-refractivity contribution in [2.75, 3.05) is 7.11 Å². The summed E-state index contributed by atoms with van der Waals surface area (Å²) in [6.07, 6.45) is -0.704. The largest absolute Gasteiger partial charge is 0.514 e. The second kappa shape index (κ2) is 9.63. The van der Waals surface area contributed by atoms with Crippen molar-refractivity contribution in [2.45, 2.75) is 19.1 Å². The summed E-state index contributed by atoms with van der Waals surface area (Å²) in [5.74, 6) is -0.386. The Bertz CT molecular complexity index is 1170. The molecule has 0 amide bonds. The first-order valence-corrected chi connectivity index (χ1v) is 9.78. The lowest BCUT2D eigenvalue weighted by atomic mass is 10.1. The van der Waals surface area contributed by atoms with Crippen LogP contribution in [0.1, 0.15) is 11.1 Å². The van der Waals surface area contributed by atoms with Crippen molar-refractivity contribution in [1.82, 2.24) is 0 Å². The van der Waals surface area contributed by atoms with E-state index in [0.29, 0.717) is 15.4 Å². The predicted molar refractivity (Wildman–Crippen MR) is 113 cm³/mol. The van der Waals surface area contributed by atoms with Gasteiger partial charge in [0.1, 0.15) is 29.7 Å². The number of carbonyl (C=O) groups excluding carboxylic acids is 2. The predicted octanol–water partition coefficient (Wildman–Crippen LogP) is 3.02. The molecule has 0 fully saturated rings. The highest BCUT2D eigenvalue weighted by molar-refractivity contribution is 9.10. The zero-order chi connectivity index (χ0) is 22.5. The number of phenolic OH excluding ortho intramolecular Hbond substituents is 1. The normalized spacial score (nSPS) is 11.7. The SMILES string of the molecule is COC(=O)[C@@H](N)Cc1ccc(OC(=O)OCc2cc(=O)oc3cc(O)c(Br)cc23)cc1.